The van der Waals surface area contributed by atoms with Crippen molar-refractivity contribution in [2.75, 3.05) is 13.7 Å². The summed E-state index contributed by atoms with van der Waals surface area (Å²) in [6.45, 7) is 5.41. The minimum absolute atomic E-state index is 0.147. The summed E-state index contributed by atoms with van der Waals surface area (Å²) in [5, 5.41) is 14.0. The van der Waals surface area contributed by atoms with Crippen LogP contribution >= 0.6 is 0 Å². The number of aryl methyl sites for hydroxylation is 2. The third-order valence-corrected chi connectivity index (χ3v) is 7.07. The van der Waals surface area contributed by atoms with Crippen LogP contribution in [-0.4, -0.2) is 46.8 Å². The second-order valence-corrected chi connectivity index (χ2v) is 8.23. The Bertz CT molecular complexity index is 638. The van der Waals surface area contributed by atoms with Gasteiger partial charge in [0, 0.05) is 14.1 Å². The van der Waals surface area contributed by atoms with E-state index in [4.69, 9.17) is 0 Å². The maximum absolute atomic E-state index is 13.0. The Labute approximate surface area is 126 Å². The van der Waals surface area contributed by atoms with Crippen molar-refractivity contribution < 1.29 is 13.5 Å². The van der Waals surface area contributed by atoms with Gasteiger partial charge in [0.15, 0.2) is 0 Å². The van der Waals surface area contributed by atoms with E-state index in [-0.39, 0.29) is 11.5 Å². The predicted octanol–water partition coefficient (Wildman–Crippen LogP) is 1.21. The average Bonchev–Trinajstić information content (AvgIpc) is 2.91. The molecule has 1 aliphatic carbocycles. The molecule has 0 aromatic carbocycles. The van der Waals surface area contributed by atoms with Crippen molar-refractivity contribution in [1.82, 2.24) is 14.1 Å². The van der Waals surface area contributed by atoms with E-state index < -0.39 is 15.6 Å². The van der Waals surface area contributed by atoms with Crippen molar-refractivity contribution in [3.05, 3.63) is 11.4 Å². The number of aliphatic hydroxyl groups excluding tert-OH is 1. The predicted molar refractivity (Wildman–Crippen MR) is 80.5 cm³/mol. The fourth-order valence-electron chi connectivity index (χ4n) is 3.42. The summed E-state index contributed by atoms with van der Waals surface area (Å²) >= 11 is 0. The highest BCUT2D eigenvalue weighted by Crippen LogP contribution is 2.41. The van der Waals surface area contributed by atoms with Gasteiger partial charge in [-0.1, -0.05) is 6.92 Å². The summed E-state index contributed by atoms with van der Waals surface area (Å²) in [6, 6.07) is 0. The van der Waals surface area contributed by atoms with Crippen molar-refractivity contribution in [3.8, 4) is 0 Å². The molecule has 2 atom stereocenters. The molecule has 1 saturated carbocycles. The molecule has 0 spiro atoms. The third kappa shape index (κ3) is 2.51. The van der Waals surface area contributed by atoms with E-state index in [9.17, 15) is 13.5 Å². The first kappa shape index (κ1) is 16.5. The van der Waals surface area contributed by atoms with Crippen LogP contribution in [0.1, 0.15) is 37.6 Å². The van der Waals surface area contributed by atoms with Gasteiger partial charge < -0.3 is 5.11 Å². The lowest BCUT2D eigenvalue weighted by atomic mass is 9.98. The van der Waals surface area contributed by atoms with Gasteiger partial charge in [0.05, 0.1) is 23.5 Å². The first-order valence-electron chi connectivity index (χ1n) is 7.26. The fraction of sp³-hybridized carbons (Fsp3) is 0.786. The average molecular weight is 315 g/mol. The number of sulfonamides is 1. The monoisotopic (exact) mass is 315 g/mol. The van der Waals surface area contributed by atoms with Crippen LogP contribution in [0.4, 0.5) is 0 Å². The van der Waals surface area contributed by atoms with Crippen molar-refractivity contribution in [2.45, 2.75) is 50.5 Å². The van der Waals surface area contributed by atoms with Crippen molar-refractivity contribution >= 4 is 10.0 Å². The molecule has 0 radical (unpaired) electrons. The van der Waals surface area contributed by atoms with E-state index in [1.807, 2.05) is 0 Å². The molecule has 1 N–H and O–H groups in total. The minimum Gasteiger partial charge on any atom is -0.394 e. The van der Waals surface area contributed by atoms with E-state index in [0.29, 0.717) is 30.1 Å². The lowest BCUT2D eigenvalue weighted by molar-refractivity contribution is 0.108. The topological polar surface area (TPSA) is 75.4 Å². The summed E-state index contributed by atoms with van der Waals surface area (Å²) in [6.07, 6.45) is 2.32. The molecule has 1 aromatic rings. The zero-order valence-corrected chi connectivity index (χ0v) is 14.2. The Kier molecular flexibility index (Phi) is 4.21. The summed E-state index contributed by atoms with van der Waals surface area (Å²) < 4.78 is 29.0. The number of nitrogens with zero attached hydrogens (tertiary/aromatic N) is 3. The molecule has 1 fully saturated rings. The van der Waals surface area contributed by atoms with E-state index in [0.717, 1.165) is 6.42 Å². The lowest BCUT2D eigenvalue weighted by Gasteiger charge is -2.36. The number of aliphatic hydroxyl groups is 1. The van der Waals surface area contributed by atoms with Crippen LogP contribution in [0, 0.1) is 19.8 Å². The molecule has 21 heavy (non-hydrogen) atoms. The molecule has 7 heteroatoms. The molecular formula is C14H25N3O3S. The summed E-state index contributed by atoms with van der Waals surface area (Å²) in [5.41, 5.74) is 0.437. The molecule has 1 aromatic heterocycles. The van der Waals surface area contributed by atoms with Crippen molar-refractivity contribution in [3.63, 3.8) is 0 Å². The van der Waals surface area contributed by atoms with Crippen molar-refractivity contribution in [2.24, 2.45) is 13.0 Å². The van der Waals surface area contributed by atoms with Crippen molar-refractivity contribution in [1.29, 1.82) is 0 Å². The van der Waals surface area contributed by atoms with Crippen LogP contribution in [0.15, 0.2) is 4.90 Å². The first-order valence-corrected chi connectivity index (χ1v) is 8.70. The highest BCUT2D eigenvalue weighted by Gasteiger charge is 2.46. The largest absolute Gasteiger partial charge is 0.394 e. The number of hydrogen-bond donors (Lipinski definition) is 1. The maximum Gasteiger partial charge on any atom is 0.247 e. The fourth-order valence-corrected chi connectivity index (χ4v) is 5.34. The Morgan fingerprint density at radius 1 is 1.48 bits per heavy atom. The van der Waals surface area contributed by atoms with Gasteiger partial charge in [-0.3, -0.25) is 4.68 Å². The molecule has 1 heterocycles. The number of aromatic nitrogens is 2. The van der Waals surface area contributed by atoms with E-state index >= 15 is 0 Å². The quantitative estimate of drug-likeness (QED) is 0.906. The van der Waals surface area contributed by atoms with Gasteiger partial charge in [0.1, 0.15) is 4.90 Å². The molecule has 0 bridgehead atoms. The van der Waals surface area contributed by atoms with Gasteiger partial charge in [0.25, 0.3) is 0 Å². The van der Waals surface area contributed by atoms with Crippen LogP contribution in [0.25, 0.3) is 0 Å². The molecular weight excluding hydrogens is 290 g/mol. The van der Waals surface area contributed by atoms with Crippen LogP contribution in [0.3, 0.4) is 0 Å². The lowest BCUT2D eigenvalue weighted by Crippen LogP contribution is -2.50. The molecule has 6 nitrogen and oxygen atoms in total. The van der Waals surface area contributed by atoms with Gasteiger partial charge in [0.2, 0.25) is 10.0 Å². The summed E-state index contributed by atoms with van der Waals surface area (Å²) in [4.78, 5) is 0.264. The smallest absolute Gasteiger partial charge is 0.247 e. The minimum atomic E-state index is -3.67. The van der Waals surface area contributed by atoms with Gasteiger partial charge in [-0.15, -0.1) is 0 Å². The Balaban J connectivity index is 2.48. The second kappa shape index (κ2) is 5.37. The SMILES string of the molecule is Cc1nn(C)c(C)c1S(=O)(=O)N(C)C1(CO)CCC(C)C1. The molecule has 1 aliphatic rings. The van der Waals surface area contributed by atoms with E-state index in [1.165, 1.54) is 4.31 Å². The third-order valence-electron chi connectivity index (χ3n) is 4.85. The van der Waals surface area contributed by atoms with Gasteiger partial charge >= 0.3 is 0 Å². The summed E-state index contributed by atoms with van der Waals surface area (Å²) in [7, 11) is -0.351. The standard InChI is InChI=1S/C14H25N3O3S/c1-10-6-7-14(8-10,9-18)17(5)21(19,20)13-11(2)15-16(4)12(13)3/h10,18H,6-9H2,1-5H3. The highest BCUT2D eigenvalue weighted by atomic mass is 32.2. The Hall–Kier alpha value is -0.920. The zero-order chi connectivity index (χ0) is 16.0. The maximum atomic E-state index is 13.0. The Morgan fingerprint density at radius 3 is 2.48 bits per heavy atom. The van der Waals surface area contributed by atoms with Crippen LogP contribution in [0.5, 0.6) is 0 Å². The number of hydrogen-bond acceptors (Lipinski definition) is 4. The molecule has 2 rings (SSSR count). The second-order valence-electron chi connectivity index (χ2n) is 6.33. The van der Waals surface area contributed by atoms with Crippen LogP contribution in [0.2, 0.25) is 0 Å². The highest BCUT2D eigenvalue weighted by molar-refractivity contribution is 7.89. The number of rotatable bonds is 4. The van der Waals surface area contributed by atoms with Gasteiger partial charge in [-0.05, 0) is 39.0 Å². The number of likely N-dealkylation sites (N-methyl/N-ethyl adjacent to an activating group) is 1. The van der Waals surface area contributed by atoms with E-state index in [1.54, 1.807) is 32.6 Å². The first-order chi connectivity index (χ1) is 9.65. The van der Waals surface area contributed by atoms with Gasteiger partial charge in [-0.25, -0.2) is 8.42 Å². The van der Waals surface area contributed by atoms with Crippen LogP contribution in [-0.2, 0) is 17.1 Å². The normalized spacial score (nSPS) is 26.7. The molecule has 120 valence electrons. The molecule has 0 amide bonds. The molecule has 0 aliphatic heterocycles. The van der Waals surface area contributed by atoms with Crippen LogP contribution < -0.4 is 0 Å². The molecule has 2 unspecified atom stereocenters. The van der Waals surface area contributed by atoms with E-state index in [2.05, 4.69) is 12.0 Å². The van der Waals surface area contributed by atoms with Gasteiger partial charge in [-0.2, -0.15) is 9.40 Å². The zero-order valence-electron chi connectivity index (χ0n) is 13.4. The Morgan fingerprint density at radius 2 is 2.10 bits per heavy atom. The summed E-state index contributed by atoms with van der Waals surface area (Å²) in [5.74, 6) is 0.422. The molecule has 0 saturated heterocycles.